The maximum atomic E-state index is 14.0. The van der Waals surface area contributed by atoms with Gasteiger partial charge in [-0.15, -0.1) is 0 Å². The Morgan fingerprint density at radius 1 is 1.11 bits per heavy atom. The van der Waals surface area contributed by atoms with E-state index in [4.69, 9.17) is 0 Å². The molecule has 0 spiro atoms. The topological polar surface area (TPSA) is 51.4 Å². The van der Waals surface area contributed by atoms with Gasteiger partial charge in [-0.05, 0) is 49.9 Å². The summed E-state index contributed by atoms with van der Waals surface area (Å²) in [5.74, 6) is -0.608. The summed E-state index contributed by atoms with van der Waals surface area (Å²) in [6, 6.07) is 12.5. The lowest BCUT2D eigenvalue weighted by Gasteiger charge is -2.34. The summed E-state index contributed by atoms with van der Waals surface area (Å²) in [6.45, 7) is 5.87. The van der Waals surface area contributed by atoms with E-state index in [9.17, 15) is 9.18 Å². The van der Waals surface area contributed by atoms with E-state index in [-0.39, 0.29) is 11.7 Å². The summed E-state index contributed by atoms with van der Waals surface area (Å²) in [7, 11) is 2.12. The third kappa shape index (κ3) is 3.53. The van der Waals surface area contributed by atoms with Crippen molar-refractivity contribution in [1.29, 1.82) is 0 Å². The molecule has 0 aliphatic carbocycles. The van der Waals surface area contributed by atoms with Crippen LogP contribution in [-0.2, 0) is 0 Å². The molecule has 6 heteroatoms. The van der Waals surface area contributed by atoms with Crippen molar-refractivity contribution in [3.63, 3.8) is 0 Å². The molecule has 0 bridgehead atoms. The highest BCUT2D eigenvalue weighted by Crippen LogP contribution is 2.24. The number of anilines is 2. The van der Waals surface area contributed by atoms with Crippen LogP contribution in [0.5, 0.6) is 0 Å². The highest BCUT2D eigenvalue weighted by Gasteiger charge is 2.16. The zero-order valence-corrected chi connectivity index (χ0v) is 15.6. The Hall–Kier alpha value is -2.86. The van der Waals surface area contributed by atoms with Crippen LogP contribution >= 0.6 is 0 Å². The average Bonchev–Trinajstić information content (AvgIpc) is 3.13. The van der Waals surface area contributed by atoms with Gasteiger partial charge in [-0.3, -0.25) is 4.79 Å². The molecule has 1 aliphatic heterocycles. The number of H-pyrrole nitrogens is 1. The van der Waals surface area contributed by atoms with Crippen LogP contribution in [0.25, 0.3) is 10.9 Å². The van der Waals surface area contributed by atoms with Crippen LogP contribution in [0.2, 0.25) is 0 Å². The molecular formula is C21H23FN4O. The number of carbonyl (C=O) groups excluding carboxylic acids is 1. The van der Waals surface area contributed by atoms with E-state index in [1.807, 2.05) is 25.1 Å². The Morgan fingerprint density at radius 3 is 2.63 bits per heavy atom. The van der Waals surface area contributed by atoms with Crippen molar-refractivity contribution in [3.8, 4) is 0 Å². The molecule has 0 saturated carbocycles. The number of hydrogen-bond acceptors (Lipinski definition) is 3. The van der Waals surface area contributed by atoms with Crippen molar-refractivity contribution in [2.75, 3.05) is 43.4 Å². The van der Waals surface area contributed by atoms with Gasteiger partial charge in [-0.2, -0.15) is 0 Å². The van der Waals surface area contributed by atoms with Gasteiger partial charge in [-0.25, -0.2) is 4.39 Å². The number of hydrogen-bond donors (Lipinski definition) is 2. The number of nitrogens with one attached hydrogen (secondary N) is 2. The lowest BCUT2D eigenvalue weighted by atomic mass is 10.1. The van der Waals surface area contributed by atoms with Gasteiger partial charge < -0.3 is 20.1 Å². The number of rotatable bonds is 3. The molecule has 27 heavy (non-hydrogen) atoms. The molecule has 1 amide bonds. The van der Waals surface area contributed by atoms with Gasteiger partial charge in [0, 0.05) is 42.9 Å². The van der Waals surface area contributed by atoms with Crippen LogP contribution < -0.4 is 10.2 Å². The van der Waals surface area contributed by atoms with E-state index in [1.165, 1.54) is 6.07 Å². The first-order valence-electron chi connectivity index (χ1n) is 9.14. The van der Waals surface area contributed by atoms with E-state index in [0.29, 0.717) is 16.6 Å². The molecule has 1 aromatic heterocycles. The van der Waals surface area contributed by atoms with Gasteiger partial charge >= 0.3 is 0 Å². The predicted molar refractivity (Wildman–Crippen MR) is 107 cm³/mol. The SMILES string of the molecule is Cc1ccc(F)c2cc(C(=O)Nc3cccc(N4CCN(C)CC4)c3)[nH]c12. The number of aryl methyl sites for hydroxylation is 1. The molecule has 1 fully saturated rings. The van der Waals surface area contributed by atoms with E-state index < -0.39 is 0 Å². The smallest absolute Gasteiger partial charge is 0.272 e. The Kier molecular flexibility index (Phi) is 4.58. The van der Waals surface area contributed by atoms with Crippen LogP contribution in [0.15, 0.2) is 42.5 Å². The number of halogens is 1. The first-order valence-corrected chi connectivity index (χ1v) is 9.14. The highest BCUT2D eigenvalue weighted by molar-refractivity contribution is 6.06. The largest absolute Gasteiger partial charge is 0.369 e. The van der Waals surface area contributed by atoms with E-state index in [1.54, 1.807) is 12.1 Å². The lowest BCUT2D eigenvalue weighted by Crippen LogP contribution is -2.44. The van der Waals surface area contributed by atoms with E-state index >= 15 is 0 Å². The van der Waals surface area contributed by atoms with Gasteiger partial charge in [0.2, 0.25) is 0 Å². The van der Waals surface area contributed by atoms with Gasteiger partial charge in [0.1, 0.15) is 11.5 Å². The van der Waals surface area contributed by atoms with Gasteiger partial charge in [0.25, 0.3) is 5.91 Å². The van der Waals surface area contributed by atoms with Crippen LogP contribution in [0, 0.1) is 12.7 Å². The Morgan fingerprint density at radius 2 is 1.89 bits per heavy atom. The molecule has 0 atom stereocenters. The molecule has 2 heterocycles. The zero-order chi connectivity index (χ0) is 19.0. The van der Waals surface area contributed by atoms with Crippen LogP contribution in [0.4, 0.5) is 15.8 Å². The molecule has 140 valence electrons. The van der Waals surface area contributed by atoms with E-state index in [2.05, 4.69) is 33.2 Å². The second kappa shape index (κ2) is 7.04. The minimum absolute atomic E-state index is 0.277. The molecule has 3 aromatic rings. The third-order valence-electron chi connectivity index (χ3n) is 5.17. The van der Waals surface area contributed by atoms with Crippen LogP contribution in [0.1, 0.15) is 16.1 Å². The van der Waals surface area contributed by atoms with Crippen LogP contribution in [0.3, 0.4) is 0 Å². The van der Waals surface area contributed by atoms with Crippen LogP contribution in [-0.4, -0.2) is 49.0 Å². The maximum Gasteiger partial charge on any atom is 0.272 e. The number of amides is 1. The van der Waals surface area contributed by atoms with Gasteiger partial charge in [0.15, 0.2) is 0 Å². The summed E-state index contributed by atoms with van der Waals surface area (Å²) in [6.07, 6.45) is 0. The van der Waals surface area contributed by atoms with Gasteiger partial charge in [-0.1, -0.05) is 12.1 Å². The second-order valence-corrected chi connectivity index (χ2v) is 7.13. The Balaban J connectivity index is 1.54. The summed E-state index contributed by atoms with van der Waals surface area (Å²) in [5.41, 5.74) is 3.74. The zero-order valence-electron chi connectivity index (χ0n) is 15.6. The normalized spacial score (nSPS) is 15.3. The van der Waals surface area contributed by atoms with Crippen molar-refractivity contribution in [2.45, 2.75) is 6.92 Å². The quantitative estimate of drug-likeness (QED) is 0.744. The summed E-state index contributed by atoms with van der Waals surface area (Å²) in [4.78, 5) is 20.3. The highest BCUT2D eigenvalue weighted by atomic mass is 19.1. The maximum absolute atomic E-state index is 14.0. The summed E-state index contributed by atoms with van der Waals surface area (Å²) >= 11 is 0. The van der Waals surface area contributed by atoms with E-state index in [0.717, 1.165) is 43.1 Å². The third-order valence-corrected chi connectivity index (χ3v) is 5.17. The first kappa shape index (κ1) is 17.5. The fraction of sp³-hybridized carbons (Fsp3) is 0.286. The fourth-order valence-electron chi connectivity index (χ4n) is 3.49. The molecule has 2 aromatic carbocycles. The number of aromatic amines is 1. The van der Waals surface area contributed by atoms with Crippen molar-refractivity contribution in [3.05, 3.63) is 59.5 Å². The fourth-order valence-corrected chi connectivity index (χ4v) is 3.49. The average molecular weight is 366 g/mol. The van der Waals surface area contributed by atoms with Crippen molar-refractivity contribution < 1.29 is 9.18 Å². The summed E-state index contributed by atoms with van der Waals surface area (Å²) in [5, 5.41) is 3.35. The standard InChI is InChI=1S/C21H23FN4O/c1-14-6-7-18(22)17-13-19(24-20(14)17)21(27)23-15-4-3-5-16(12-15)26-10-8-25(2)9-11-26/h3-7,12-13,24H,8-11H2,1-2H3,(H,23,27). The van der Waals surface area contributed by atoms with Gasteiger partial charge in [0.05, 0.1) is 5.52 Å². The molecule has 0 radical (unpaired) electrons. The molecule has 4 rings (SSSR count). The van der Waals surface area contributed by atoms with Crippen molar-refractivity contribution in [2.24, 2.45) is 0 Å². The molecule has 1 saturated heterocycles. The minimum atomic E-state index is -0.331. The number of carbonyl (C=O) groups is 1. The summed E-state index contributed by atoms with van der Waals surface area (Å²) < 4.78 is 14.0. The monoisotopic (exact) mass is 366 g/mol. The number of nitrogens with zero attached hydrogens (tertiary/aromatic N) is 2. The van der Waals surface area contributed by atoms with Crippen molar-refractivity contribution in [1.82, 2.24) is 9.88 Å². The molecule has 0 unspecified atom stereocenters. The Labute approximate surface area is 157 Å². The number of piperazine rings is 1. The lowest BCUT2D eigenvalue weighted by molar-refractivity contribution is 0.102. The molecule has 5 nitrogen and oxygen atoms in total. The number of benzene rings is 2. The number of likely N-dealkylation sites (N-methyl/N-ethyl adjacent to an activating group) is 1. The minimum Gasteiger partial charge on any atom is -0.369 e. The first-order chi connectivity index (χ1) is 13.0. The molecule has 1 aliphatic rings. The predicted octanol–water partition coefficient (Wildman–Crippen LogP) is 3.62. The number of fused-ring (bicyclic) bond motifs is 1. The second-order valence-electron chi connectivity index (χ2n) is 7.13. The van der Waals surface area contributed by atoms with Crippen molar-refractivity contribution >= 4 is 28.2 Å². The molecular weight excluding hydrogens is 343 g/mol. The Bertz CT molecular complexity index is 950. The molecule has 2 N–H and O–H groups in total. The number of aromatic nitrogens is 1.